The molecule has 0 atom stereocenters. The van der Waals surface area contributed by atoms with E-state index in [1.807, 2.05) is 31.3 Å². The van der Waals surface area contributed by atoms with Gasteiger partial charge in [-0.1, -0.05) is 12.1 Å². The van der Waals surface area contributed by atoms with Crippen molar-refractivity contribution in [2.24, 2.45) is 7.05 Å². The lowest BCUT2D eigenvalue weighted by atomic mass is 9.81. The van der Waals surface area contributed by atoms with Crippen molar-refractivity contribution in [1.29, 1.82) is 0 Å². The van der Waals surface area contributed by atoms with Gasteiger partial charge >= 0.3 is 6.18 Å². The average molecular weight is 511 g/mol. The molecule has 6 rings (SSSR count). The molecule has 2 aliphatic rings. The fraction of sp³-hybridized carbons (Fsp3) is 0.269. The lowest BCUT2D eigenvalue weighted by Crippen LogP contribution is -2.49. The summed E-state index contributed by atoms with van der Waals surface area (Å²) >= 11 is 0. The number of nitrogens with zero attached hydrogens (tertiary/aromatic N) is 5. The van der Waals surface area contributed by atoms with Gasteiger partial charge in [0.2, 0.25) is 0 Å². The first-order chi connectivity index (χ1) is 17.7. The Labute approximate surface area is 208 Å². The molecule has 0 bridgehead atoms. The number of likely N-dealkylation sites (tertiary alicyclic amines) is 1. The zero-order chi connectivity index (χ0) is 25.9. The van der Waals surface area contributed by atoms with Crippen molar-refractivity contribution >= 4 is 5.91 Å². The maximum absolute atomic E-state index is 14.1. The highest BCUT2D eigenvalue weighted by Gasteiger charge is 2.47. The Morgan fingerprint density at radius 2 is 1.70 bits per heavy atom. The first kappa shape index (κ1) is 23.3. The number of fused-ring (bicyclic) bond motifs is 4. The number of rotatable bonds is 2. The minimum atomic E-state index is -4.85. The SMILES string of the molecule is Cn1ncc2c1-c1ccccc1OC21CCN(C(=O)c2cnn(-c3ccc(F)cc3)c2C(F)(F)F)CC1. The fourth-order valence-corrected chi connectivity index (χ4v) is 5.28. The number of ether oxygens (including phenoxy) is 1. The molecule has 0 unspecified atom stereocenters. The molecule has 1 saturated heterocycles. The first-order valence-corrected chi connectivity index (χ1v) is 11.7. The minimum Gasteiger partial charge on any atom is -0.482 e. The number of hydrogen-bond acceptors (Lipinski definition) is 4. The molecule has 2 aromatic carbocycles. The van der Waals surface area contributed by atoms with E-state index >= 15 is 0 Å². The van der Waals surface area contributed by atoms with Gasteiger partial charge in [-0.3, -0.25) is 9.48 Å². The molecule has 37 heavy (non-hydrogen) atoms. The van der Waals surface area contributed by atoms with Gasteiger partial charge in [0.25, 0.3) is 5.91 Å². The predicted molar refractivity (Wildman–Crippen MR) is 125 cm³/mol. The standard InChI is InChI=1S/C26H21F4N5O2/c1-33-22-18-4-2-3-5-21(18)37-25(20(22)15-31-33)10-12-34(13-11-25)24(36)19-14-32-35(23(19)26(28,29)30)17-8-6-16(27)7-9-17/h2-9,14-15H,10-13H2,1H3. The average Bonchev–Trinajstić information content (AvgIpc) is 3.50. The Morgan fingerprint density at radius 3 is 2.41 bits per heavy atom. The lowest BCUT2D eigenvalue weighted by molar-refractivity contribution is -0.143. The Kier molecular flexibility index (Phi) is 5.15. The van der Waals surface area contributed by atoms with E-state index in [0.29, 0.717) is 23.3 Å². The normalized spacial score (nSPS) is 16.3. The van der Waals surface area contributed by atoms with Crippen LogP contribution in [-0.2, 0) is 18.8 Å². The summed E-state index contributed by atoms with van der Waals surface area (Å²) in [6.07, 6.45) is -1.39. The van der Waals surface area contributed by atoms with Crippen molar-refractivity contribution in [3.05, 3.63) is 83.6 Å². The number of amides is 1. The van der Waals surface area contributed by atoms with E-state index in [4.69, 9.17) is 4.74 Å². The number of benzene rings is 2. The van der Waals surface area contributed by atoms with Crippen LogP contribution in [0.25, 0.3) is 16.9 Å². The van der Waals surface area contributed by atoms with Crippen LogP contribution in [0.3, 0.4) is 0 Å². The number of aromatic nitrogens is 4. The van der Waals surface area contributed by atoms with Gasteiger partial charge in [-0.05, 0) is 36.4 Å². The van der Waals surface area contributed by atoms with Crippen molar-refractivity contribution < 1.29 is 27.1 Å². The van der Waals surface area contributed by atoms with Crippen LogP contribution in [0.15, 0.2) is 60.9 Å². The van der Waals surface area contributed by atoms with E-state index in [0.717, 1.165) is 35.2 Å². The summed E-state index contributed by atoms with van der Waals surface area (Å²) in [7, 11) is 1.85. The van der Waals surface area contributed by atoms with Gasteiger partial charge in [0, 0.05) is 44.1 Å². The third-order valence-corrected chi connectivity index (χ3v) is 7.07. The summed E-state index contributed by atoms with van der Waals surface area (Å²) in [5, 5.41) is 8.25. The fourth-order valence-electron chi connectivity index (χ4n) is 5.28. The van der Waals surface area contributed by atoms with Crippen molar-refractivity contribution in [3.8, 4) is 22.7 Å². The summed E-state index contributed by atoms with van der Waals surface area (Å²) in [5.74, 6) is -0.649. The van der Waals surface area contributed by atoms with E-state index in [1.54, 1.807) is 10.9 Å². The summed E-state index contributed by atoms with van der Waals surface area (Å²) in [6.45, 7) is 0.378. The molecule has 7 nitrogen and oxygen atoms in total. The molecule has 11 heteroatoms. The van der Waals surface area contributed by atoms with E-state index in [2.05, 4.69) is 10.2 Å². The number of alkyl halides is 3. The monoisotopic (exact) mass is 511 g/mol. The summed E-state index contributed by atoms with van der Waals surface area (Å²) in [6, 6.07) is 12.1. The number of hydrogen-bond donors (Lipinski definition) is 0. The van der Waals surface area contributed by atoms with Gasteiger partial charge in [-0.25, -0.2) is 9.07 Å². The van der Waals surface area contributed by atoms with Crippen LogP contribution in [0.4, 0.5) is 17.6 Å². The molecular weight excluding hydrogens is 490 g/mol. The largest absolute Gasteiger partial charge is 0.482 e. The summed E-state index contributed by atoms with van der Waals surface area (Å²) < 4.78 is 64.5. The van der Waals surface area contributed by atoms with E-state index in [9.17, 15) is 22.4 Å². The second kappa shape index (κ2) is 8.19. The van der Waals surface area contributed by atoms with Gasteiger partial charge < -0.3 is 9.64 Å². The quantitative estimate of drug-likeness (QED) is 0.357. The third kappa shape index (κ3) is 3.68. The van der Waals surface area contributed by atoms with E-state index in [1.165, 1.54) is 17.0 Å². The number of halogens is 4. The van der Waals surface area contributed by atoms with Crippen LogP contribution >= 0.6 is 0 Å². The van der Waals surface area contributed by atoms with Crippen LogP contribution in [0.2, 0.25) is 0 Å². The first-order valence-electron chi connectivity index (χ1n) is 11.7. The molecule has 190 valence electrons. The molecule has 1 fully saturated rings. The number of aryl methyl sites for hydroxylation is 1. The molecule has 2 aromatic heterocycles. The second-order valence-corrected chi connectivity index (χ2v) is 9.21. The third-order valence-electron chi connectivity index (χ3n) is 7.07. The zero-order valence-corrected chi connectivity index (χ0v) is 19.7. The highest BCUT2D eigenvalue weighted by Crippen LogP contribution is 2.49. The topological polar surface area (TPSA) is 65.2 Å². The zero-order valence-electron chi connectivity index (χ0n) is 19.7. The summed E-state index contributed by atoms with van der Waals surface area (Å²) in [4.78, 5) is 14.7. The van der Waals surface area contributed by atoms with Crippen molar-refractivity contribution in [2.75, 3.05) is 13.1 Å². The lowest BCUT2D eigenvalue weighted by Gasteiger charge is -2.44. The Hall–Kier alpha value is -4.15. The Balaban J connectivity index is 1.30. The van der Waals surface area contributed by atoms with Crippen LogP contribution in [0.5, 0.6) is 5.75 Å². The molecule has 0 saturated carbocycles. The predicted octanol–water partition coefficient (Wildman–Crippen LogP) is 4.95. The van der Waals surface area contributed by atoms with Crippen LogP contribution in [0.1, 0.15) is 34.5 Å². The van der Waals surface area contributed by atoms with Crippen molar-refractivity contribution in [2.45, 2.75) is 24.6 Å². The van der Waals surface area contributed by atoms with Crippen LogP contribution in [0, 0.1) is 5.82 Å². The van der Waals surface area contributed by atoms with Gasteiger partial charge in [-0.15, -0.1) is 0 Å². The van der Waals surface area contributed by atoms with Crippen molar-refractivity contribution in [1.82, 2.24) is 24.5 Å². The molecular formula is C26H21F4N5O2. The molecule has 1 spiro atoms. The second-order valence-electron chi connectivity index (χ2n) is 9.21. The molecule has 0 N–H and O–H groups in total. The highest BCUT2D eigenvalue weighted by molar-refractivity contribution is 5.95. The number of carbonyl (C=O) groups is 1. The molecule has 0 radical (unpaired) electrons. The number of piperidine rings is 1. The van der Waals surface area contributed by atoms with E-state index < -0.39 is 34.8 Å². The molecule has 4 heterocycles. The minimum absolute atomic E-state index is 0.00347. The summed E-state index contributed by atoms with van der Waals surface area (Å²) in [5.41, 5.74) is 0.280. The highest BCUT2D eigenvalue weighted by atomic mass is 19.4. The number of para-hydroxylation sites is 1. The molecule has 2 aliphatic heterocycles. The van der Waals surface area contributed by atoms with Crippen LogP contribution < -0.4 is 4.74 Å². The molecule has 1 amide bonds. The smallest absolute Gasteiger partial charge is 0.434 e. The maximum atomic E-state index is 14.1. The van der Waals surface area contributed by atoms with Gasteiger partial charge in [0.05, 0.1) is 29.3 Å². The van der Waals surface area contributed by atoms with Gasteiger partial charge in [-0.2, -0.15) is 23.4 Å². The van der Waals surface area contributed by atoms with Gasteiger partial charge in [0.15, 0.2) is 5.69 Å². The molecule has 0 aliphatic carbocycles. The van der Waals surface area contributed by atoms with Crippen molar-refractivity contribution in [3.63, 3.8) is 0 Å². The van der Waals surface area contributed by atoms with Crippen LogP contribution in [-0.4, -0.2) is 43.5 Å². The molecule has 4 aromatic rings. The number of carbonyl (C=O) groups excluding carboxylic acids is 1. The van der Waals surface area contributed by atoms with E-state index in [-0.39, 0.29) is 18.8 Å². The van der Waals surface area contributed by atoms with Gasteiger partial charge in [0.1, 0.15) is 17.2 Å². The maximum Gasteiger partial charge on any atom is 0.434 e. The Morgan fingerprint density at radius 1 is 1.00 bits per heavy atom. The Bertz CT molecular complexity index is 1500.